The van der Waals surface area contributed by atoms with Crippen LogP contribution in [0.1, 0.15) is 35.0 Å². The Morgan fingerprint density at radius 2 is 2.10 bits per heavy atom. The van der Waals surface area contributed by atoms with Crippen LogP contribution < -0.4 is 4.90 Å². The van der Waals surface area contributed by atoms with Crippen molar-refractivity contribution in [3.05, 3.63) is 46.8 Å². The number of aromatic nitrogens is 2. The van der Waals surface area contributed by atoms with E-state index in [0.29, 0.717) is 6.42 Å². The summed E-state index contributed by atoms with van der Waals surface area (Å²) in [6.45, 7) is 3.09. The van der Waals surface area contributed by atoms with Crippen LogP contribution in [0.5, 0.6) is 0 Å². The number of rotatable bonds is 3. The molecule has 0 spiro atoms. The molecule has 0 bridgehead atoms. The second-order valence-electron chi connectivity index (χ2n) is 6.03. The van der Waals surface area contributed by atoms with Crippen molar-refractivity contribution in [1.29, 1.82) is 0 Å². The van der Waals surface area contributed by atoms with Gasteiger partial charge in [-0.05, 0) is 43.0 Å². The standard InChI is InChI=1S/C17H23N3O/c1-12-9-15(20(3)18-12)11-17(21)14-6-7-16-13(10-14)5-4-8-19(16)2/h6-7,9-10,17,21H,4-5,8,11H2,1-3H3. The molecule has 0 saturated carbocycles. The largest absolute Gasteiger partial charge is 0.388 e. The Hall–Kier alpha value is -1.81. The van der Waals surface area contributed by atoms with Gasteiger partial charge < -0.3 is 10.0 Å². The maximum atomic E-state index is 10.5. The van der Waals surface area contributed by atoms with Crippen molar-refractivity contribution < 1.29 is 5.11 Å². The lowest BCUT2D eigenvalue weighted by Gasteiger charge is -2.28. The lowest BCUT2D eigenvalue weighted by molar-refractivity contribution is 0.175. The topological polar surface area (TPSA) is 41.3 Å². The Morgan fingerprint density at radius 1 is 1.29 bits per heavy atom. The number of hydrogen-bond acceptors (Lipinski definition) is 3. The van der Waals surface area contributed by atoms with E-state index in [-0.39, 0.29) is 0 Å². The lowest BCUT2D eigenvalue weighted by atomic mass is 9.96. The molecule has 0 amide bonds. The summed E-state index contributed by atoms with van der Waals surface area (Å²) >= 11 is 0. The van der Waals surface area contributed by atoms with Crippen LogP contribution in [0.2, 0.25) is 0 Å². The highest BCUT2D eigenvalue weighted by atomic mass is 16.3. The number of hydrogen-bond donors (Lipinski definition) is 1. The first kappa shape index (κ1) is 14.1. The molecule has 3 rings (SSSR count). The molecule has 1 aliphatic heterocycles. The lowest BCUT2D eigenvalue weighted by Crippen LogP contribution is -2.24. The monoisotopic (exact) mass is 285 g/mol. The second kappa shape index (κ2) is 5.53. The molecule has 1 aromatic carbocycles. The van der Waals surface area contributed by atoms with Gasteiger partial charge in [0, 0.05) is 38.4 Å². The SMILES string of the molecule is Cc1cc(CC(O)c2ccc3c(c2)CCCN3C)n(C)n1. The number of nitrogens with zero attached hydrogens (tertiary/aromatic N) is 3. The highest BCUT2D eigenvalue weighted by Gasteiger charge is 2.17. The van der Waals surface area contributed by atoms with Gasteiger partial charge in [-0.25, -0.2) is 0 Å². The van der Waals surface area contributed by atoms with Crippen molar-refractivity contribution in [2.75, 3.05) is 18.5 Å². The smallest absolute Gasteiger partial charge is 0.0845 e. The fourth-order valence-corrected chi connectivity index (χ4v) is 3.18. The van der Waals surface area contributed by atoms with Crippen LogP contribution in [0.15, 0.2) is 24.3 Å². The van der Waals surface area contributed by atoms with Crippen LogP contribution in [0, 0.1) is 6.92 Å². The Kier molecular flexibility index (Phi) is 3.72. The number of fused-ring (bicyclic) bond motifs is 1. The molecule has 2 aromatic rings. The fraction of sp³-hybridized carbons (Fsp3) is 0.471. The van der Waals surface area contributed by atoms with Crippen LogP contribution in [0.25, 0.3) is 0 Å². The Balaban J connectivity index is 1.82. The van der Waals surface area contributed by atoms with Gasteiger partial charge in [0.2, 0.25) is 0 Å². The molecule has 1 atom stereocenters. The Morgan fingerprint density at radius 3 is 2.81 bits per heavy atom. The van der Waals surface area contributed by atoms with Crippen molar-refractivity contribution in [2.24, 2.45) is 7.05 Å². The van der Waals surface area contributed by atoms with Gasteiger partial charge in [-0.3, -0.25) is 4.68 Å². The third-order valence-corrected chi connectivity index (χ3v) is 4.34. The molecule has 0 fully saturated rings. The van der Waals surface area contributed by atoms with E-state index in [4.69, 9.17) is 0 Å². The third kappa shape index (κ3) is 2.81. The highest BCUT2D eigenvalue weighted by Crippen LogP contribution is 2.29. The van der Waals surface area contributed by atoms with Gasteiger partial charge in [0.1, 0.15) is 0 Å². The molecule has 4 nitrogen and oxygen atoms in total. The van der Waals surface area contributed by atoms with Crippen LogP contribution in [0.3, 0.4) is 0 Å². The van der Waals surface area contributed by atoms with Gasteiger partial charge in [-0.1, -0.05) is 12.1 Å². The molecule has 0 aliphatic carbocycles. The molecule has 0 saturated heterocycles. The van der Waals surface area contributed by atoms with E-state index in [9.17, 15) is 5.11 Å². The number of aryl methyl sites for hydroxylation is 3. The van der Waals surface area contributed by atoms with Gasteiger partial charge in [-0.15, -0.1) is 0 Å². The van der Waals surface area contributed by atoms with Gasteiger partial charge in [0.05, 0.1) is 11.8 Å². The molecule has 2 heterocycles. The van der Waals surface area contributed by atoms with E-state index in [1.165, 1.54) is 17.7 Å². The molecule has 21 heavy (non-hydrogen) atoms. The van der Waals surface area contributed by atoms with Crippen LogP contribution in [0.4, 0.5) is 5.69 Å². The summed E-state index contributed by atoms with van der Waals surface area (Å²) in [5, 5.41) is 14.9. The molecule has 1 aromatic heterocycles. The quantitative estimate of drug-likeness (QED) is 0.941. The first-order valence-electron chi connectivity index (χ1n) is 7.56. The normalized spacial score (nSPS) is 15.9. The predicted octanol–water partition coefficient (Wildman–Crippen LogP) is 2.39. The molecule has 1 aliphatic rings. The first-order chi connectivity index (χ1) is 10.0. The summed E-state index contributed by atoms with van der Waals surface area (Å²) in [4.78, 5) is 2.29. The number of aliphatic hydroxyl groups is 1. The average Bonchev–Trinajstić information content (AvgIpc) is 2.76. The van der Waals surface area contributed by atoms with Crippen LogP contribution >= 0.6 is 0 Å². The summed E-state index contributed by atoms with van der Waals surface area (Å²) in [7, 11) is 4.06. The zero-order valence-corrected chi connectivity index (χ0v) is 13.0. The minimum absolute atomic E-state index is 0.475. The highest BCUT2D eigenvalue weighted by molar-refractivity contribution is 5.56. The average molecular weight is 285 g/mol. The van der Waals surface area contributed by atoms with Crippen molar-refractivity contribution in [3.8, 4) is 0 Å². The Labute approximate surface area is 126 Å². The van der Waals surface area contributed by atoms with E-state index in [1.807, 2.05) is 24.7 Å². The van der Waals surface area contributed by atoms with Crippen molar-refractivity contribution in [1.82, 2.24) is 9.78 Å². The minimum Gasteiger partial charge on any atom is -0.388 e. The zero-order chi connectivity index (χ0) is 15.0. The van der Waals surface area contributed by atoms with Crippen molar-refractivity contribution in [3.63, 3.8) is 0 Å². The van der Waals surface area contributed by atoms with E-state index in [0.717, 1.165) is 29.9 Å². The van der Waals surface area contributed by atoms with Gasteiger partial charge >= 0.3 is 0 Å². The van der Waals surface area contributed by atoms with Crippen molar-refractivity contribution in [2.45, 2.75) is 32.3 Å². The summed E-state index contributed by atoms with van der Waals surface area (Å²) in [5.41, 5.74) is 5.71. The molecule has 0 radical (unpaired) electrons. The van der Waals surface area contributed by atoms with Crippen molar-refractivity contribution >= 4 is 5.69 Å². The van der Waals surface area contributed by atoms with E-state index in [2.05, 4.69) is 35.2 Å². The summed E-state index contributed by atoms with van der Waals surface area (Å²) in [5.74, 6) is 0. The van der Waals surface area contributed by atoms with E-state index >= 15 is 0 Å². The van der Waals surface area contributed by atoms with E-state index < -0.39 is 6.10 Å². The number of aliphatic hydroxyl groups excluding tert-OH is 1. The van der Waals surface area contributed by atoms with Crippen LogP contribution in [-0.4, -0.2) is 28.5 Å². The van der Waals surface area contributed by atoms with Gasteiger partial charge in [0.25, 0.3) is 0 Å². The fourth-order valence-electron chi connectivity index (χ4n) is 3.18. The molecule has 1 unspecified atom stereocenters. The molecule has 4 heteroatoms. The van der Waals surface area contributed by atoms with E-state index in [1.54, 1.807) is 0 Å². The van der Waals surface area contributed by atoms with Gasteiger partial charge in [0.15, 0.2) is 0 Å². The third-order valence-electron chi connectivity index (χ3n) is 4.34. The molecule has 112 valence electrons. The number of anilines is 1. The van der Waals surface area contributed by atoms with Gasteiger partial charge in [-0.2, -0.15) is 5.10 Å². The maximum Gasteiger partial charge on any atom is 0.0845 e. The predicted molar refractivity (Wildman–Crippen MR) is 84.6 cm³/mol. The molecular weight excluding hydrogens is 262 g/mol. The molecule has 1 N–H and O–H groups in total. The second-order valence-corrected chi connectivity index (χ2v) is 6.03. The Bertz CT molecular complexity index is 647. The zero-order valence-electron chi connectivity index (χ0n) is 13.0. The minimum atomic E-state index is -0.475. The number of benzene rings is 1. The molecular formula is C17H23N3O. The first-order valence-corrected chi connectivity index (χ1v) is 7.56. The summed E-state index contributed by atoms with van der Waals surface area (Å²) < 4.78 is 1.85. The van der Waals surface area contributed by atoms with Crippen LogP contribution in [-0.2, 0) is 19.9 Å². The summed E-state index contributed by atoms with van der Waals surface area (Å²) in [6.07, 6.45) is 2.42. The summed E-state index contributed by atoms with van der Waals surface area (Å²) in [6, 6.07) is 8.39. The maximum absolute atomic E-state index is 10.5.